The summed E-state index contributed by atoms with van der Waals surface area (Å²) < 4.78 is 2.36. The fraction of sp³-hybridized carbons (Fsp3) is 0.429. The fourth-order valence-electron chi connectivity index (χ4n) is 2.46. The van der Waals surface area contributed by atoms with Crippen molar-refractivity contribution in [1.82, 2.24) is 4.57 Å². The molecule has 1 aromatic carbocycles. The van der Waals surface area contributed by atoms with E-state index in [2.05, 4.69) is 10.8 Å². The van der Waals surface area contributed by atoms with Gasteiger partial charge in [0.2, 0.25) is 0 Å². The molecular formula is C14H18N2O. The van der Waals surface area contributed by atoms with E-state index in [1.165, 1.54) is 29.3 Å². The maximum Gasteiger partial charge on any atom is 0.116 e. The minimum absolute atomic E-state index is 0.347. The molecule has 0 radical (unpaired) electrons. The van der Waals surface area contributed by atoms with Gasteiger partial charge in [-0.05, 0) is 56.0 Å². The van der Waals surface area contributed by atoms with E-state index in [0.717, 1.165) is 19.4 Å². The molecule has 0 atom stereocenters. The number of fused-ring (bicyclic) bond motifs is 1. The maximum absolute atomic E-state index is 9.61. The fourth-order valence-corrected chi connectivity index (χ4v) is 2.46. The average Bonchev–Trinajstić information content (AvgIpc) is 3.10. The molecule has 0 saturated heterocycles. The predicted octanol–water partition coefficient (Wildman–Crippen LogP) is 2.57. The molecule has 1 aliphatic carbocycles. The van der Waals surface area contributed by atoms with Gasteiger partial charge in [0.1, 0.15) is 5.75 Å². The summed E-state index contributed by atoms with van der Waals surface area (Å²) in [6.07, 6.45) is 6.80. The summed E-state index contributed by atoms with van der Waals surface area (Å²) in [7, 11) is 0. The monoisotopic (exact) mass is 230 g/mol. The van der Waals surface area contributed by atoms with Gasteiger partial charge in [-0.3, -0.25) is 0 Å². The van der Waals surface area contributed by atoms with Gasteiger partial charge in [-0.1, -0.05) is 0 Å². The van der Waals surface area contributed by atoms with Crippen molar-refractivity contribution < 1.29 is 5.11 Å². The number of rotatable bonds is 4. The topological polar surface area (TPSA) is 51.2 Å². The lowest BCUT2D eigenvalue weighted by molar-refractivity contribution is 0.476. The summed E-state index contributed by atoms with van der Waals surface area (Å²) in [5, 5.41) is 10.8. The summed E-state index contributed by atoms with van der Waals surface area (Å²) in [5.74, 6) is 0.347. The normalized spacial score (nSPS) is 15.6. The van der Waals surface area contributed by atoms with E-state index in [9.17, 15) is 5.11 Å². The first-order valence-electron chi connectivity index (χ1n) is 6.32. The summed E-state index contributed by atoms with van der Waals surface area (Å²) in [4.78, 5) is 0. The van der Waals surface area contributed by atoms with Crippen LogP contribution in [0.25, 0.3) is 10.9 Å². The van der Waals surface area contributed by atoms with Crippen molar-refractivity contribution in [2.24, 2.45) is 5.73 Å². The number of aromatic hydroxyl groups is 1. The Balaban J connectivity index is 2.09. The summed E-state index contributed by atoms with van der Waals surface area (Å²) >= 11 is 0. The highest BCUT2D eigenvalue weighted by atomic mass is 16.3. The van der Waals surface area contributed by atoms with Gasteiger partial charge in [0.05, 0.1) is 0 Å². The minimum atomic E-state index is 0.347. The third-order valence-corrected chi connectivity index (χ3v) is 3.49. The smallest absolute Gasteiger partial charge is 0.116 e. The average molecular weight is 230 g/mol. The number of phenolic OH excluding ortho intramolecular Hbond substituents is 1. The van der Waals surface area contributed by atoms with Crippen molar-refractivity contribution in [3.05, 3.63) is 30.0 Å². The van der Waals surface area contributed by atoms with Crippen molar-refractivity contribution in [3.63, 3.8) is 0 Å². The molecule has 3 heteroatoms. The molecule has 1 heterocycles. The van der Waals surface area contributed by atoms with Crippen molar-refractivity contribution in [1.29, 1.82) is 0 Å². The van der Waals surface area contributed by atoms with Crippen molar-refractivity contribution in [3.8, 4) is 5.75 Å². The highest BCUT2D eigenvalue weighted by molar-refractivity contribution is 5.85. The van der Waals surface area contributed by atoms with Crippen molar-refractivity contribution >= 4 is 10.9 Å². The lowest BCUT2D eigenvalue weighted by Gasteiger charge is -2.01. The number of aromatic nitrogens is 1. The van der Waals surface area contributed by atoms with Crippen LogP contribution in [0.1, 0.15) is 30.9 Å². The molecule has 3 N–H and O–H groups in total. The molecule has 17 heavy (non-hydrogen) atoms. The highest BCUT2D eigenvalue weighted by Crippen LogP contribution is 2.39. The van der Waals surface area contributed by atoms with Crippen LogP contribution in [-0.2, 0) is 6.42 Å². The van der Waals surface area contributed by atoms with Crippen LogP contribution in [0, 0.1) is 0 Å². The predicted molar refractivity (Wildman–Crippen MR) is 69.2 cm³/mol. The number of benzene rings is 1. The number of hydrogen-bond donors (Lipinski definition) is 2. The zero-order valence-corrected chi connectivity index (χ0v) is 9.89. The van der Waals surface area contributed by atoms with Crippen molar-refractivity contribution in [2.75, 3.05) is 6.54 Å². The molecule has 0 unspecified atom stereocenters. The molecule has 3 rings (SSSR count). The lowest BCUT2D eigenvalue weighted by Crippen LogP contribution is -1.99. The summed E-state index contributed by atoms with van der Waals surface area (Å²) in [6, 6.07) is 6.34. The van der Waals surface area contributed by atoms with Gasteiger partial charge >= 0.3 is 0 Å². The Bertz CT molecular complexity index is 540. The Morgan fingerprint density at radius 3 is 2.88 bits per heavy atom. The molecule has 1 aromatic heterocycles. The quantitative estimate of drug-likeness (QED) is 0.848. The third-order valence-electron chi connectivity index (χ3n) is 3.49. The molecule has 0 bridgehead atoms. The Hall–Kier alpha value is -1.48. The zero-order chi connectivity index (χ0) is 11.8. The third kappa shape index (κ3) is 1.91. The van der Waals surface area contributed by atoms with Crippen LogP contribution in [0.2, 0.25) is 0 Å². The van der Waals surface area contributed by atoms with E-state index in [0.29, 0.717) is 11.8 Å². The zero-order valence-electron chi connectivity index (χ0n) is 9.89. The number of nitrogens with two attached hydrogens (primary N) is 1. The van der Waals surface area contributed by atoms with Crippen LogP contribution in [-0.4, -0.2) is 16.2 Å². The van der Waals surface area contributed by atoms with E-state index in [4.69, 9.17) is 5.73 Å². The molecule has 1 aliphatic rings. The summed E-state index contributed by atoms with van der Waals surface area (Å²) in [6.45, 7) is 0.717. The van der Waals surface area contributed by atoms with Gasteiger partial charge in [0.25, 0.3) is 0 Å². The molecule has 0 amide bonds. The molecule has 90 valence electrons. The SMILES string of the molecule is NCCCc1cn(C2CC2)c2ccc(O)cc12. The molecule has 1 saturated carbocycles. The number of phenols is 1. The van der Waals surface area contributed by atoms with Crippen molar-refractivity contribution in [2.45, 2.75) is 31.7 Å². The van der Waals surface area contributed by atoms with Crippen LogP contribution >= 0.6 is 0 Å². The second-order valence-electron chi connectivity index (χ2n) is 4.89. The summed E-state index contributed by atoms with van der Waals surface area (Å²) in [5.41, 5.74) is 8.13. The van der Waals surface area contributed by atoms with E-state index >= 15 is 0 Å². The Kier molecular flexibility index (Phi) is 2.56. The molecule has 0 spiro atoms. The van der Waals surface area contributed by atoms with Gasteiger partial charge in [0.15, 0.2) is 0 Å². The second kappa shape index (κ2) is 4.08. The van der Waals surface area contributed by atoms with E-state index < -0.39 is 0 Å². The second-order valence-corrected chi connectivity index (χ2v) is 4.89. The van der Waals surface area contributed by atoms with Gasteiger partial charge < -0.3 is 15.4 Å². The van der Waals surface area contributed by atoms with Crippen LogP contribution in [0.5, 0.6) is 5.75 Å². The van der Waals surface area contributed by atoms with E-state index in [-0.39, 0.29) is 0 Å². The molecule has 2 aromatic rings. The number of aryl methyl sites for hydroxylation is 1. The lowest BCUT2D eigenvalue weighted by atomic mass is 10.1. The van der Waals surface area contributed by atoms with Crippen LogP contribution < -0.4 is 5.73 Å². The Labute approximate surface area is 101 Å². The number of nitrogens with zero attached hydrogens (tertiary/aromatic N) is 1. The van der Waals surface area contributed by atoms with E-state index in [1.807, 2.05) is 12.1 Å². The molecule has 3 nitrogen and oxygen atoms in total. The first-order chi connectivity index (χ1) is 8.29. The minimum Gasteiger partial charge on any atom is -0.508 e. The van der Waals surface area contributed by atoms with Gasteiger partial charge in [-0.15, -0.1) is 0 Å². The van der Waals surface area contributed by atoms with Crippen LogP contribution in [0.3, 0.4) is 0 Å². The standard InChI is InChI=1S/C14H18N2O/c15-7-1-2-10-9-16(11-3-4-11)14-6-5-12(17)8-13(10)14/h5-6,8-9,11,17H,1-4,7,15H2. The van der Waals surface area contributed by atoms with Crippen LogP contribution in [0.4, 0.5) is 0 Å². The first kappa shape index (κ1) is 10.7. The first-order valence-corrected chi connectivity index (χ1v) is 6.32. The van der Waals surface area contributed by atoms with Gasteiger partial charge in [-0.2, -0.15) is 0 Å². The Morgan fingerprint density at radius 1 is 1.35 bits per heavy atom. The highest BCUT2D eigenvalue weighted by Gasteiger charge is 2.25. The maximum atomic E-state index is 9.61. The number of hydrogen-bond acceptors (Lipinski definition) is 2. The molecule has 1 fully saturated rings. The van der Waals surface area contributed by atoms with Gasteiger partial charge in [-0.25, -0.2) is 0 Å². The van der Waals surface area contributed by atoms with E-state index in [1.54, 1.807) is 6.07 Å². The Morgan fingerprint density at radius 2 is 2.18 bits per heavy atom. The molecule has 0 aliphatic heterocycles. The van der Waals surface area contributed by atoms with Gasteiger partial charge in [0, 0.05) is 23.1 Å². The largest absolute Gasteiger partial charge is 0.508 e. The van der Waals surface area contributed by atoms with Crippen LogP contribution in [0.15, 0.2) is 24.4 Å². The molecular weight excluding hydrogens is 212 g/mol.